The fourth-order valence-electron chi connectivity index (χ4n) is 3.14. The summed E-state index contributed by atoms with van der Waals surface area (Å²) in [5, 5.41) is 1.13. The smallest absolute Gasteiger partial charge is 0.134 e. The van der Waals surface area contributed by atoms with Gasteiger partial charge >= 0.3 is 0 Å². The van der Waals surface area contributed by atoms with Gasteiger partial charge in [0.2, 0.25) is 0 Å². The Bertz CT molecular complexity index is 876. The fourth-order valence-corrected chi connectivity index (χ4v) is 3.14. The molecule has 0 radical (unpaired) electrons. The van der Waals surface area contributed by atoms with Gasteiger partial charge in [-0.3, -0.25) is 0 Å². The maximum atomic E-state index is 6.42. The van der Waals surface area contributed by atoms with Gasteiger partial charge in [-0.1, -0.05) is 36.4 Å². The minimum Gasteiger partial charge on any atom is -0.460 e. The van der Waals surface area contributed by atoms with E-state index >= 15 is 0 Å². The summed E-state index contributed by atoms with van der Waals surface area (Å²) in [6.07, 6.45) is 6.35. The van der Waals surface area contributed by atoms with Crippen LogP contribution in [0.1, 0.15) is 34.9 Å². The molecule has 3 aromatic rings. The number of hydrogen-bond acceptors (Lipinski definition) is 3. The summed E-state index contributed by atoms with van der Waals surface area (Å²) in [7, 11) is 0. The molecule has 0 spiro atoms. The van der Waals surface area contributed by atoms with E-state index in [0.717, 1.165) is 46.4 Å². The molecule has 22 heavy (non-hydrogen) atoms. The van der Waals surface area contributed by atoms with Gasteiger partial charge in [-0.05, 0) is 35.7 Å². The highest BCUT2D eigenvalue weighted by Crippen LogP contribution is 2.34. The molecule has 0 fully saturated rings. The van der Waals surface area contributed by atoms with E-state index in [1.165, 1.54) is 5.56 Å². The van der Waals surface area contributed by atoms with Crippen LogP contribution in [-0.4, -0.2) is 0 Å². The van der Waals surface area contributed by atoms with Crippen LogP contribution in [-0.2, 0) is 6.42 Å². The van der Waals surface area contributed by atoms with Gasteiger partial charge in [0.15, 0.2) is 0 Å². The molecule has 4 N–H and O–H groups in total. The number of rotatable bonds is 2. The van der Waals surface area contributed by atoms with Crippen LogP contribution >= 0.6 is 0 Å². The summed E-state index contributed by atoms with van der Waals surface area (Å²) in [6, 6.07) is 13.7. The van der Waals surface area contributed by atoms with E-state index in [2.05, 4.69) is 18.2 Å². The summed E-state index contributed by atoms with van der Waals surface area (Å²) in [6.45, 7) is 0. The van der Waals surface area contributed by atoms with Crippen molar-refractivity contribution in [3.05, 3.63) is 71.0 Å². The quantitative estimate of drug-likeness (QED) is 0.700. The van der Waals surface area contributed by atoms with Crippen LogP contribution in [0.15, 0.2) is 53.0 Å². The number of furan rings is 1. The van der Waals surface area contributed by atoms with Crippen LogP contribution in [0.3, 0.4) is 0 Å². The Morgan fingerprint density at radius 1 is 1.09 bits per heavy atom. The summed E-state index contributed by atoms with van der Waals surface area (Å²) in [5.41, 5.74) is 17.3. The van der Waals surface area contributed by atoms with E-state index in [-0.39, 0.29) is 6.04 Å². The first-order valence-electron chi connectivity index (χ1n) is 7.56. The largest absolute Gasteiger partial charge is 0.460 e. The average molecular weight is 290 g/mol. The zero-order chi connectivity index (χ0) is 15.1. The van der Waals surface area contributed by atoms with Gasteiger partial charge in [0.25, 0.3) is 0 Å². The van der Waals surface area contributed by atoms with Crippen molar-refractivity contribution in [3.8, 4) is 0 Å². The molecule has 1 unspecified atom stereocenters. The Morgan fingerprint density at radius 3 is 2.82 bits per heavy atom. The highest BCUT2D eigenvalue weighted by molar-refractivity contribution is 5.89. The zero-order valence-electron chi connectivity index (χ0n) is 12.3. The van der Waals surface area contributed by atoms with Gasteiger partial charge in [0.05, 0.1) is 6.04 Å². The Balaban J connectivity index is 1.83. The van der Waals surface area contributed by atoms with Crippen molar-refractivity contribution in [2.75, 3.05) is 5.73 Å². The zero-order valence-corrected chi connectivity index (χ0v) is 12.3. The second-order valence-electron chi connectivity index (χ2n) is 5.74. The Hall–Kier alpha value is -2.52. The molecule has 1 aliphatic carbocycles. The van der Waals surface area contributed by atoms with Crippen molar-refractivity contribution in [1.82, 2.24) is 0 Å². The summed E-state index contributed by atoms with van der Waals surface area (Å²) in [4.78, 5) is 0. The number of fused-ring (bicyclic) bond motifs is 3. The third kappa shape index (κ3) is 2.02. The maximum absolute atomic E-state index is 6.42. The third-order valence-electron chi connectivity index (χ3n) is 4.34. The van der Waals surface area contributed by atoms with Crippen LogP contribution in [0, 0.1) is 0 Å². The van der Waals surface area contributed by atoms with Crippen LogP contribution in [0.2, 0.25) is 0 Å². The minimum atomic E-state index is -0.233. The minimum absolute atomic E-state index is 0.233. The van der Waals surface area contributed by atoms with Crippen molar-refractivity contribution in [3.63, 3.8) is 0 Å². The Morgan fingerprint density at radius 2 is 1.95 bits per heavy atom. The SMILES string of the molecule is Nc1ccccc1C(N)c1ccc2oc3c(c2c1)C=CCC3. The lowest BCUT2D eigenvalue weighted by molar-refractivity contribution is 0.546. The normalized spacial score (nSPS) is 15.0. The molecule has 4 rings (SSSR count). The molecule has 1 aliphatic rings. The van der Waals surface area contributed by atoms with Gasteiger partial charge < -0.3 is 15.9 Å². The second kappa shape index (κ2) is 5.04. The van der Waals surface area contributed by atoms with Gasteiger partial charge in [-0.2, -0.15) is 0 Å². The molecule has 0 saturated heterocycles. The molecule has 0 saturated carbocycles. The highest BCUT2D eigenvalue weighted by atomic mass is 16.3. The number of para-hydroxylation sites is 1. The van der Waals surface area contributed by atoms with E-state index in [1.807, 2.05) is 36.4 Å². The summed E-state index contributed by atoms with van der Waals surface area (Å²) in [5.74, 6) is 1.07. The summed E-state index contributed by atoms with van der Waals surface area (Å²) >= 11 is 0. The lowest BCUT2D eigenvalue weighted by Gasteiger charge is -2.15. The molecular formula is C19H18N2O. The van der Waals surface area contributed by atoms with E-state index in [0.29, 0.717) is 0 Å². The predicted octanol–water partition coefficient (Wildman–Crippen LogP) is 4.02. The van der Waals surface area contributed by atoms with Crippen molar-refractivity contribution < 1.29 is 4.42 Å². The first-order valence-corrected chi connectivity index (χ1v) is 7.56. The first kappa shape index (κ1) is 13.2. The number of allylic oxidation sites excluding steroid dienone is 1. The molecule has 2 aromatic carbocycles. The number of benzene rings is 2. The molecule has 1 aromatic heterocycles. The third-order valence-corrected chi connectivity index (χ3v) is 4.34. The number of anilines is 1. The molecule has 0 amide bonds. The van der Waals surface area contributed by atoms with E-state index in [9.17, 15) is 0 Å². The lowest BCUT2D eigenvalue weighted by Crippen LogP contribution is -2.13. The van der Waals surface area contributed by atoms with Gasteiger partial charge in [0.1, 0.15) is 11.3 Å². The first-order chi connectivity index (χ1) is 10.7. The molecule has 1 atom stereocenters. The van der Waals surface area contributed by atoms with Crippen molar-refractivity contribution in [2.45, 2.75) is 18.9 Å². The molecular weight excluding hydrogens is 272 g/mol. The monoisotopic (exact) mass is 290 g/mol. The van der Waals surface area contributed by atoms with Crippen molar-refractivity contribution in [1.29, 1.82) is 0 Å². The standard InChI is InChI=1S/C19H18N2O/c20-16-7-3-1-6-14(16)19(21)12-9-10-18-15(11-12)13-5-2-4-8-17(13)22-18/h1-3,5-7,9-11,19H,4,8,20-21H2. The van der Waals surface area contributed by atoms with Gasteiger partial charge in [-0.15, -0.1) is 0 Å². The number of nitrogens with two attached hydrogens (primary N) is 2. The predicted molar refractivity (Wildman–Crippen MR) is 90.5 cm³/mol. The topological polar surface area (TPSA) is 65.2 Å². The maximum Gasteiger partial charge on any atom is 0.134 e. The van der Waals surface area contributed by atoms with E-state index in [1.54, 1.807) is 0 Å². The molecule has 1 heterocycles. The number of aryl methyl sites for hydroxylation is 1. The van der Waals surface area contributed by atoms with Gasteiger partial charge in [-0.25, -0.2) is 0 Å². The fraction of sp³-hybridized carbons (Fsp3) is 0.158. The molecule has 0 aliphatic heterocycles. The lowest BCUT2D eigenvalue weighted by atomic mass is 9.95. The Labute approximate surface area is 129 Å². The Kier molecular flexibility index (Phi) is 3.01. The average Bonchev–Trinajstić information content (AvgIpc) is 2.92. The highest BCUT2D eigenvalue weighted by Gasteiger charge is 2.17. The number of nitrogen functional groups attached to an aromatic ring is 1. The van der Waals surface area contributed by atoms with Gasteiger partial charge in [0, 0.05) is 23.1 Å². The van der Waals surface area contributed by atoms with E-state index < -0.39 is 0 Å². The van der Waals surface area contributed by atoms with E-state index in [4.69, 9.17) is 15.9 Å². The van der Waals surface area contributed by atoms with Crippen LogP contribution < -0.4 is 11.5 Å². The molecule has 3 heteroatoms. The van der Waals surface area contributed by atoms with Crippen LogP contribution in [0.25, 0.3) is 17.0 Å². The molecule has 110 valence electrons. The van der Waals surface area contributed by atoms with Crippen molar-refractivity contribution in [2.24, 2.45) is 5.73 Å². The van der Waals surface area contributed by atoms with Crippen LogP contribution in [0.5, 0.6) is 0 Å². The summed E-state index contributed by atoms with van der Waals surface area (Å²) < 4.78 is 5.94. The molecule has 0 bridgehead atoms. The number of hydrogen-bond donors (Lipinski definition) is 2. The molecule has 3 nitrogen and oxygen atoms in total. The van der Waals surface area contributed by atoms with Crippen LogP contribution in [0.4, 0.5) is 5.69 Å². The second-order valence-corrected chi connectivity index (χ2v) is 5.74. The van der Waals surface area contributed by atoms with Crippen molar-refractivity contribution >= 4 is 22.7 Å².